The minimum atomic E-state index is 0.906. The van der Waals surface area contributed by atoms with Crippen molar-refractivity contribution in [3.63, 3.8) is 0 Å². The van der Waals surface area contributed by atoms with Crippen molar-refractivity contribution in [1.82, 2.24) is 4.90 Å². The summed E-state index contributed by atoms with van der Waals surface area (Å²) in [6.07, 6.45) is 4.00. The van der Waals surface area contributed by atoms with Gasteiger partial charge in [0, 0.05) is 25.4 Å². The van der Waals surface area contributed by atoms with E-state index >= 15 is 0 Å². The molecule has 0 aromatic carbocycles. The third kappa shape index (κ3) is 1.46. The van der Waals surface area contributed by atoms with Gasteiger partial charge in [-0.25, -0.2) is 0 Å². The molecule has 0 aromatic rings. The van der Waals surface area contributed by atoms with E-state index in [4.69, 9.17) is 5.26 Å². The van der Waals surface area contributed by atoms with Crippen LogP contribution in [-0.4, -0.2) is 18.5 Å². The molecular weight excluding hydrogens is 112 g/mol. The van der Waals surface area contributed by atoms with Crippen molar-refractivity contribution in [2.24, 2.45) is 0 Å². The normalized spacial score (nSPS) is 18.7. The number of nitriles is 1. The lowest BCUT2D eigenvalue weighted by Crippen LogP contribution is -2.17. The van der Waals surface area contributed by atoms with E-state index in [-0.39, 0.29) is 0 Å². The Balaban J connectivity index is 2.62. The molecule has 9 heavy (non-hydrogen) atoms. The minimum absolute atomic E-state index is 0.906. The van der Waals surface area contributed by atoms with Crippen LogP contribution in [0, 0.1) is 11.3 Å². The van der Waals surface area contributed by atoms with Gasteiger partial charge < -0.3 is 4.90 Å². The zero-order chi connectivity index (χ0) is 6.69. The largest absolute Gasteiger partial charge is 0.380 e. The molecule has 0 aliphatic carbocycles. The van der Waals surface area contributed by atoms with E-state index in [2.05, 4.69) is 11.0 Å². The lowest BCUT2D eigenvalue weighted by atomic mass is 10.1. The van der Waals surface area contributed by atoms with Crippen LogP contribution in [0.1, 0.15) is 12.8 Å². The maximum absolute atomic E-state index is 8.46. The Morgan fingerprint density at radius 2 is 2.56 bits per heavy atom. The Morgan fingerprint density at radius 1 is 1.78 bits per heavy atom. The zero-order valence-corrected chi connectivity index (χ0v) is 5.59. The Bertz CT molecular complexity index is 164. The molecule has 1 aliphatic rings. The average molecular weight is 122 g/mol. The number of hydrogen-bond donors (Lipinski definition) is 0. The van der Waals surface area contributed by atoms with Crippen LogP contribution < -0.4 is 0 Å². The first-order valence-electron chi connectivity index (χ1n) is 3.14. The van der Waals surface area contributed by atoms with Gasteiger partial charge in [-0.1, -0.05) is 0 Å². The molecule has 0 saturated carbocycles. The molecule has 0 atom stereocenters. The first-order valence-corrected chi connectivity index (χ1v) is 3.14. The highest BCUT2D eigenvalue weighted by Crippen LogP contribution is 2.10. The van der Waals surface area contributed by atoms with Gasteiger partial charge in [0.15, 0.2) is 0 Å². The Hall–Kier alpha value is -0.970. The molecule has 1 aliphatic heterocycles. The van der Waals surface area contributed by atoms with Crippen molar-refractivity contribution in [1.29, 1.82) is 5.26 Å². The van der Waals surface area contributed by atoms with Crippen LogP contribution in [0.5, 0.6) is 0 Å². The predicted molar refractivity (Wildman–Crippen MR) is 35.6 cm³/mol. The highest BCUT2D eigenvalue weighted by atomic mass is 15.1. The highest BCUT2D eigenvalue weighted by Gasteiger charge is 2.04. The maximum Gasteiger partial charge on any atom is 0.0962 e. The van der Waals surface area contributed by atoms with E-state index in [9.17, 15) is 0 Å². The molecule has 0 unspecified atom stereocenters. The summed E-state index contributed by atoms with van der Waals surface area (Å²) >= 11 is 0. The Kier molecular flexibility index (Phi) is 1.74. The highest BCUT2D eigenvalue weighted by molar-refractivity contribution is 5.21. The summed E-state index contributed by atoms with van der Waals surface area (Å²) in [5.41, 5.74) is 0.906. The van der Waals surface area contributed by atoms with Crippen molar-refractivity contribution in [3.05, 3.63) is 11.8 Å². The van der Waals surface area contributed by atoms with Crippen LogP contribution >= 0.6 is 0 Å². The molecule has 0 aromatic heterocycles. The number of hydrogen-bond acceptors (Lipinski definition) is 2. The maximum atomic E-state index is 8.46. The zero-order valence-electron chi connectivity index (χ0n) is 5.59. The third-order valence-corrected chi connectivity index (χ3v) is 1.48. The van der Waals surface area contributed by atoms with Gasteiger partial charge in [-0.3, -0.25) is 0 Å². The lowest BCUT2D eigenvalue weighted by Gasteiger charge is -2.18. The summed E-state index contributed by atoms with van der Waals surface area (Å²) in [5, 5.41) is 8.46. The molecule has 0 N–H and O–H groups in total. The second-order valence-corrected chi connectivity index (χ2v) is 2.35. The van der Waals surface area contributed by atoms with E-state index in [1.54, 1.807) is 0 Å². The van der Waals surface area contributed by atoms with E-state index in [1.807, 2.05) is 13.2 Å². The molecule has 2 nitrogen and oxygen atoms in total. The number of allylic oxidation sites excluding steroid dienone is 1. The fourth-order valence-electron chi connectivity index (χ4n) is 0.999. The molecule has 1 heterocycles. The summed E-state index contributed by atoms with van der Waals surface area (Å²) in [6.45, 7) is 1.09. The first kappa shape index (κ1) is 6.15. The quantitative estimate of drug-likeness (QED) is 0.481. The molecule has 0 amide bonds. The Morgan fingerprint density at radius 3 is 3.00 bits per heavy atom. The van der Waals surface area contributed by atoms with Crippen molar-refractivity contribution >= 4 is 0 Å². The number of nitrogens with zero attached hydrogens (tertiary/aromatic N) is 2. The fraction of sp³-hybridized carbons (Fsp3) is 0.571. The van der Waals surface area contributed by atoms with Crippen molar-refractivity contribution in [2.75, 3.05) is 13.6 Å². The van der Waals surface area contributed by atoms with Gasteiger partial charge in [-0.15, -0.1) is 0 Å². The van der Waals surface area contributed by atoms with E-state index < -0.39 is 0 Å². The van der Waals surface area contributed by atoms with Gasteiger partial charge in [-0.2, -0.15) is 5.26 Å². The van der Waals surface area contributed by atoms with Crippen LogP contribution in [0.15, 0.2) is 11.8 Å². The molecule has 2 heteroatoms. The van der Waals surface area contributed by atoms with Crippen LogP contribution in [0.25, 0.3) is 0 Å². The van der Waals surface area contributed by atoms with Crippen molar-refractivity contribution < 1.29 is 0 Å². The SMILES string of the molecule is CN1C=C(C#N)CCC1. The average Bonchev–Trinajstić information content (AvgIpc) is 1.88. The monoisotopic (exact) mass is 122 g/mol. The van der Waals surface area contributed by atoms with Gasteiger partial charge in [0.25, 0.3) is 0 Å². The standard InChI is InChI=1S/C7H10N2/c1-9-4-2-3-7(5-8)6-9/h6H,2-4H2,1H3. The molecule has 0 spiro atoms. The second-order valence-electron chi connectivity index (χ2n) is 2.35. The van der Waals surface area contributed by atoms with Gasteiger partial charge in [0.05, 0.1) is 6.07 Å². The molecular formula is C7H10N2. The summed E-state index contributed by atoms with van der Waals surface area (Å²) in [6, 6.07) is 2.15. The van der Waals surface area contributed by atoms with Gasteiger partial charge in [-0.05, 0) is 12.8 Å². The first-order chi connectivity index (χ1) is 4.33. The van der Waals surface area contributed by atoms with Crippen LogP contribution in [0.2, 0.25) is 0 Å². The van der Waals surface area contributed by atoms with E-state index in [0.29, 0.717) is 0 Å². The summed E-state index contributed by atoms with van der Waals surface area (Å²) < 4.78 is 0. The summed E-state index contributed by atoms with van der Waals surface area (Å²) in [7, 11) is 2.00. The molecule has 0 fully saturated rings. The lowest BCUT2D eigenvalue weighted by molar-refractivity contribution is 0.420. The molecule has 0 saturated heterocycles. The topological polar surface area (TPSA) is 27.0 Å². The number of rotatable bonds is 0. The van der Waals surface area contributed by atoms with Crippen molar-refractivity contribution in [3.8, 4) is 6.07 Å². The van der Waals surface area contributed by atoms with Gasteiger partial charge in [0.1, 0.15) is 0 Å². The van der Waals surface area contributed by atoms with Gasteiger partial charge >= 0.3 is 0 Å². The summed E-state index contributed by atoms with van der Waals surface area (Å²) in [4.78, 5) is 2.06. The smallest absolute Gasteiger partial charge is 0.0962 e. The van der Waals surface area contributed by atoms with Crippen molar-refractivity contribution in [2.45, 2.75) is 12.8 Å². The molecule has 1 rings (SSSR count). The molecule has 0 bridgehead atoms. The minimum Gasteiger partial charge on any atom is -0.380 e. The second kappa shape index (κ2) is 2.54. The third-order valence-electron chi connectivity index (χ3n) is 1.48. The Labute approximate surface area is 55.4 Å². The molecule has 48 valence electrons. The van der Waals surface area contributed by atoms with Crippen LogP contribution in [0.3, 0.4) is 0 Å². The van der Waals surface area contributed by atoms with Crippen LogP contribution in [0.4, 0.5) is 0 Å². The van der Waals surface area contributed by atoms with E-state index in [0.717, 1.165) is 25.0 Å². The fourth-order valence-corrected chi connectivity index (χ4v) is 0.999. The summed E-state index contributed by atoms with van der Waals surface area (Å²) in [5.74, 6) is 0. The van der Waals surface area contributed by atoms with E-state index in [1.165, 1.54) is 0 Å². The van der Waals surface area contributed by atoms with Gasteiger partial charge in [0.2, 0.25) is 0 Å². The predicted octanol–water partition coefficient (Wildman–Crippen LogP) is 1.12. The van der Waals surface area contributed by atoms with Crippen LogP contribution in [-0.2, 0) is 0 Å². The molecule has 0 radical (unpaired) electrons.